The van der Waals surface area contributed by atoms with Crippen LogP contribution in [-0.2, 0) is 9.47 Å². The van der Waals surface area contributed by atoms with Crippen molar-refractivity contribution in [3.8, 4) is 0 Å². The maximum atomic E-state index is 5.22. The van der Waals surface area contributed by atoms with E-state index < -0.39 is 0 Å². The van der Waals surface area contributed by atoms with E-state index in [0.717, 1.165) is 32.8 Å². The monoisotopic (exact) mass is 246 g/mol. The maximum absolute atomic E-state index is 5.22. The molecule has 0 aliphatic carbocycles. The van der Waals surface area contributed by atoms with Gasteiger partial charge in [0, 0.05) is 26.8 Å². The Kier molecular flexibility index (Phi) is 12.2. The molecule has 0 rings (SSSR count). The highest BCUT2D eigenvalue weighted by atomic mass is 16.5. The standard InChI is InChI=1S/C13H30N2O2/c1-13(12-17-4)15(10-11-16-3)9-7-5-6-8-14-2/h13-14H,5-12H2,1-4H3. The third-order valence-electron chi connectivity index (χ3n) is 2.99. The Balaban J connectivity index is 3.75. The first-order valence-corrected chi connectivity index (χ1v) is 6.62. The van der Waals surface area contributed by atoms with E-state index in [9.17, 15) is 0 Å². The first kappa shape index (κ1) is 16.8. The number of nitrogens with one attached hydrogen (secondary N) is 1. The topological polar surface area (TPSA) is 33.7 Å². The first-order chi connectivity index (χ1) is 8.26. The van der Waals surface area contributed by atoms with Gasteiger partial charge in [0.2, 0.25) is 0 Å². The highest BCUT2D eigenvalue weighted by Crippen LogP contribution is 2.04. The lowest BCUT2D eigenvalue weighted by molar-refractivity contribution is 0.0740. The van der Waals surface area contributed by atoms with Gasteiger partial charge in [-0.3, -0.25) is 4.90 Å². The van der Waals surface area contributed by atoms with Crippen LogP contribution in [-0.4, -0.2) is 65.1 Å². The zero-order valence-electron chi connectivity index (χ0n) is 12.0. The lowest BCUT2D eigenvalue weighted by atomic mass is 10.2. The second-order valence-corrected chi connectivity index (χ2v) is 4.50. The van der Waals surface area contributed by atoms with Gasteiger partial charge in [0.25, 0.3) is 0 Å². The average Bonchev–Trinajstić information content (AvgIpc) is 2.33. The molecule has 0 fully saturated rings. The summed E-state index contributed by atoms with van der Waals surface area (Å²) >= 11 is 0. The second-order valence-electron chi connectivity index (χ2n) is 4.50. The third kappa shape index (κ3) is 9.53. The molecule has 0 spiro atoms. The van der Waals surface area contributed by atoms with Crippen LogP contribution in [0.15, 0.2) is 0 Å². The lowest BCUT2D eigenvalue weighted by Crippen LogP contribution is -2.39. The summed E-state index contributed by atoms with van der Waals surface area (Å²) in [6, 6.07) is 0.472. The summed E-state index contributed by atoms with van der Waals surface area (Å²) in [6.45, 7) is 7.05. The van der Waals surface area contributed by atoms with Crippen LogP contribution in [0.2, 0.25) is 0 Å². The van der Waals surface area contributed by atoms with Gasteiger partial charge in [-0.05, 0) is 39.9 Å². The molecule has 0 heterocycles. The molecule has 0 radical (unpaired) electrons. The molecule has 0 aliphatic rings. The van der Waals surface area contributed by atoms with E-state index in [1.54, 1.807) is 14.2 Å². The lowest BCUT2D eigenvalue weighted by Gasteiger charge is -2.28. The van der Waals surface area contributed by atoms with E-state index in [-0.39, 0.29) is 0 Å². The van der Waals surface area contributed by atoms with Gasteiger partial charge in [-0.1, -0.05) is 6.42 Å². The van der Waals surface area contributed by atoms with Gasteiger partial charge in [-0.2, -0.15) is 0 Å². The van der Waals surface area contributed by atoms with Gasteiger partial charge < -0.3 is 14.8 Å². The van der Waals surface area contributed by atoms with Gasteiger partial charge >= 0.3 is 0 Å². The number of hydrogen-bond donors (Lipinski definition) is 1. The van der Waals surface area contributed by atoms with Crippen LogP contribution < -0.4 is 5.32 Å². The molecule has 0 aromatic carbocycles. The van der Waals surface area contributed by atoms with Crippen molar-refractivity contribution in [1.29, 1.82) is 0 Å². The summed E-state index contributed by atoms with van der Waals surface area (Å²) in [5.74, 6) is 0. The van der Waals surface area contributed by atoms with Gasteiger partial charge in [0.05, 0.1) is 13.2 Å². The Bertz CT molecular complexity index is 156. The first-order valence-electron chi connectivity index (χ1n) is 6.62. The van der Waals surface area contributed by atoms with E-state index in [1.807, 2.05) is 7.05 Å². The van der Waals surface area contributed by atoms with Crippen LogP contribution in [0.5, 0.6) is 0 Å². The number of unbranched alkanes of at least 4 members (excludes halogenated alkanes) is 2. The van der Waals surface area contributed by atoms with Gasteiger partial charge in [0.15, 0.2) is 0 Å². The Morgan fingerprint density at radius 2 is 1.82 bits per heavy atom. The smallest absolute Gasteiger partial charge is 0.0615 e. The van der Waals surface area contributed by atoms with Crippen molar-refractivity contribution >= 4 is 0 Å². The number of ether oxygens (including phenoxy) is 2. The minimum Gasteiger partial charge on any atom is -0.383 e. The third-order valence-corrected chi connectivity index (χ3v) is 2.99. The van der Waals surface area contributed by atoms with Crippen molar-refractivity contribution in [1.82, 2.24) is 10.2 Å². The van der Waals surface area contributed by atoms with Crippen LogP contribution in [0.25, 0.3) is 0 Å². The molecule has 1 atom stereocenters. The van der Waals surface area contributed by atoms with E-state index in [0.29, 0.717) is 6.04 Å². The maximum Gasteiger partial charge on any atom is 0.0615 e. The van der Waals surface area contributed by atoms with Crippen LogP contribution in [0.4, 0.5) is 0 Å². The molecule has 17 heavy (non-hydrogen) atoms. The summed E-state index contributed by atoms with van der Waals surface area (Å²) in [7, 11) is 5.52. The largest absolute Gasteiger partial charge is 0.383 e. The van der Waals surface area contributed by atoms with Gasteiger partial charge in [-0.15, -0.1) is 0 Å². The summed E-state index contributed by atoms with van der Waals surface area (Å²) in [6.07, 6.45) is 3.79. The molecule has 1 unspecified atom stereocenters. The zero-order chi connectivity index (χ0) is 12.9. The Hall–Kier alpha value is -0.160. The molecule has 0 bridgehead atoms. The van der Waals surface area contributed by atoms with E-state index in [2.05, 4.69) is 17.1 Å². The number of rotatable bonds is 12. The average molecular weight is 246 g/mol. The molecule has 0 aromatic heterocycles. The summed E-state index contributed by atoms with van der Waals surface area (Å²) in [5, 5.41) is 3.18. The summed E-state index contributed by atoms with van der Waals surface area (Å²) in [4.78, 5) is 2.45. The zero-order valence-corrected chi connectivity index (χ0v) is 12.0. The molecular formula is C13H30N2O2. The van der Waals surface area contributed by atoms with Gasteiger partial charge in [-0.25, -0.2) is 0 Å². The minimum absolute atomic E-state index is 0.472. The molecule has 0 aliphatic heterocycles. The van der Waals surface area contributed by atoms with Crippen molar-refractivity contribution in [2.45, 2.75) is 32.2 Å². The minimum atomic E-state index is 0.472. The van der Waals surface area contributed by atoms with Crippen LogP contribution in [0, 0.1) is 0 Å². The predicted molar refractivity (Wildman–Crippen MR) is 72.6 cm³/mol. The molecule has 0 saturated heterocycles. The van der Waals surface area contributed by atoms with Crippen molar-refractivity contribution in [2.24, 2.45) is 0 Å². The fourth-order valence-electron chi connectivity index (χ4n) is 1.90. The molecule has 1 N–H and O–H groups in total. The van der Waals surface area contributed by atoms with E-state index in [1.165, 1.54) is 19.3 Å². The van der Waals surface area contributed by atoms with Crippen LogP contribution in [0.3, 0.4) is 0 Å². The van der Waals surface area contributed by atoms with Crippen LogP contribution >= 0.6 is 0 Å². The molecular weight excluding hydrogens is 216 g/mol. The predicted octanol–water partition coefficient (Wildman–Crippen LogP) is 1.36. The number of methoxy groups -OCH3 is 2. The van der Waals surface area contributed by atoms with Crippen molar-refractivity contribution in [3.05, 3.63) is 0 Å². The number of hydrogen-bond acceptors (Lipinski definition) is 4. The van der Waals surface area contributed by atoms with E-state index in [4.69, 9.17) is 9.47 Å². The summed E-state index contributed by atoms with van der Waals surface area (Å²) < 4.78 is 10.4. The molecule has 104 valence electrons. The van der Waals surface area contributed by atoms with Crippen molar-refractivity contribution in [3.63, 3.8) is 0 Å². The molecule has 4 heteroatoms. The van der Waals surface area contributed by atoms with Crippen molar-refractivity contribution < 1.29 is 9.47 Å². The molecule has 0 saturated carbocycles. The van der Waals surface area contributed by atoms with Gasteiger partial charge in [0.1, 0.15) is 0 Å². The fourth-order valence-corrected chi connectivity index (χ4v) is 1.90. The Labute approximate surface area is 107 Å². The second kappa shape index (κ2) is 12.3. The normalized spacial score (nSPS) is 13.2. The Morgan fingerprint density at radius 3 is 2.41 bits per heavy atom. The van der Waals surface area contributed by atoms with Crippen molar-refractivity contribution in [2.75, 3.05) is 54.1 Å². The van der Waals surface area contributed by atoms with Crippen LogP contribution in [0.1, 0.15) is 26.2 Å². The fraction of sp³-hybridized carbons (Fsp3) is 1.00. The van der Waals surface area contributed by atoms with E-state index >= 15 is 0 Å². The molecule has 4 nitrogen and oxygen atoms in total. The highest BCUT2D eigenvalue weighted by molar-refractivity contribution is 4.66. The SMILES string of the molecule is CNCCCCCN(CCOC)C(C)COC. The highest BCUT2D eigenvalue weighted by Gasteiger charge is 2.12. The quantitative estimate of drug-likeness (QED) is 0.527. The Morgan fingerprint density at radius 1 is 1.06 bits per heavy atom. The summed E-state index contributed by atoms with van der Waals surface area (Å²) in [5.41, 5.74) is 0. The molecule has 0 aromatic rings. The molecule has 0 amide bonds. The number of nitrogens with zero attached hydrogens (tertiary/aromatic N) is 1.